The molecule has 0 aliphatic heterocycles. The molecule has 0 spiro atoms. The van der Waals surface area contributed by atoms with Gasteiger partial charge in [0.15, 0.2) is 11.5 Å². The Labute approximate surface area is 196 Å². The highest BCUT2D eigenvalue weighted by Gasteiger charge is 2.12. The molecular formula is C25H24N8O. The number of imidazole rings is 1. The van der Waals surface area contributed by atoms with Gasteiger partial charge in [0, 0.05) is 61.7 Å². The standard InChI is InChI=1S/C25H24N8O/c1-32(2)21-9-3-17(4-10-21)13-28-25(34)18-5-7-20(8-6-18)31-23-24-26-11-12-33(24)22(16-27-23)19-14-29-30-15-19/h3-12,14-16H,13H2,1-2H3,(H,27,31)(H,28,34)(H,29,30). The van der Waals surface area contributed by atoms with Crippen LogP contribution in [-0.2, 0) is 6.54 Å². The van der Waals surface area contributed by atoms with E-state index < -0.39 is 0 Å². The number of carbonyl (C=O) groups is 1. The summed E-state index contributed by atoms with van der Waals surface area (Å²) in [5, 5.41) is 13.1. The van der Waals surface area contributed by atoms with Crippen molar-refractivity contribution in [1.29, 1.82) is 0 Å². The minimum atomic E-state index is -0.124. The van der Waals surface area contributed by atoms with Gasteiger partial charge >= 0.3 is 0 Å². The molecule has 9 nitrogen and oxygen atoms in total. The van der Waals surface area contributed by atoms with E-state index in [1.54, 1.807) is 30.7 Å². The summed E-state index contributed by atoms with van der Waals surface area (Å²) in [4.78, 5) is 23.6. The van der Waals surface area contributed by atoms with E-state index in [-0.39, 0.29) is 5.91 Å². The number of hydrogen-bond donors (Lipinski definition) is 3. The van der Waals surface area contributed by atoms with Gasteiger partial charge < -0.3 is 15.5 Å². The van der Waals surface area contributed by atoms with Crippen molar-refractivity contribution < 1.29 is 4.79 Å². The number of anilines is 3. The van der Waals surface area contributed by atoms with E-state index in [1.807, 2.05) is 72.2 Å². The van der Waals surface area contributed by atoms with Gasteiger partial charge in [-0.3, -0.25) is 14.3 Å². The lowest BCUT2D eigenvalue weighted by Gasteiger charge is -2.13. The van der Waals surface area contributed by atoms with Crippen LogP contribution in [-0.4, -0.2) is 44.6 Å². The molecule has 0 aliphatic rings. The maximum absolute atomic E-state index is 12.6. The van der Waals surface area contributed by atoms with Crippen LogP contribution in [0.25, 0.3) is 16.9 Å². The molecule has 0 aliphatic carbocycles. The Hall–Kier alpha value is -4.66. The fraction of sp³-hybridized carbons (Fsp3) is 0.120. The predicted octanol–water partition coefficient (Wildman–Crippen LogP) is 3.86. The minimum absolute atomic E-state index is 0.124. The lowest BCUT2D eigenvalue weighted by Crippen LogP contribution is -2.22. The van der Waals surface area contributed by atoms with Gasteiger partial charge in [-0.2, -0.15) is 5.10 Å². The first-order valence-electron chi connectivity index (χ1n) is 10.8. The first kappa shape index (κ1) is 21.2. The van der Waals surface area contributed by atoms with Crippen LogP contribution in [0.2, 0.25) is 0 Å². The lowest BCUT2D eigenvalue weighted by molar-refractivity contribution is 0.0951. The summed E-state index contributed by atoms with van der Waals surface area (Å²) < 4.78 is 1.95. The molecule has 5 aromatic rings. The number of aromatic amines is 1. The number of aromatic nitrogens is 5. The quantitative estimate of drug-likeness (QED) is 0.347. The zero-order valence-electron chi connectivity index (χ0n) is 18.9. The highest BCUT2D eigenvalue weighted by Crippen LogP contribution is 2.24. The maximum atomic E-state index is 12.6. The predicted molar refractivity (Wildman–Crippen MR) is 132 cm³/mol. The monoisotopic (exact) mass is 452 g/mol. The van der Waals surface area contributed by atoms with Crippen LogP contribution in [0.15, 0.2) is 79.5 Å². The Morgan fingerprint density at radius 2 is 1.82 bits per heavy atom. The van der Waals surface area contributed by atoms with E-state index in [2.05, 4.69) is 30.8 Å². The van der Waals surface area contributed by atoms with Gasteiger partial charge in [-0.1, -0.05) is 12.1 Å². The molecule has 1 amide bonds. The van der Waals surface area contributed by atoms with Gasteiger partial charge in [-0.25, -0.2) is 9.97 Å². The van der Waals surface area contributed by atoms with Gasteiger partial charge in [-0.15, -0.1) is 0 Å². The number of nitrogens with one attached hydrogen (secondary N) is 3. The van der Waals surface area contributed by atoms with Crippen molar-refractivity contribution in [1.82, 2.24) is 29.9 Å². The number of hydrogen-bond acceptors (Lipinski definition) is 6. The molecule has 170 valence electrons. The smallest absolute Gasteiger partial charge is 0.251 e. The highest BCUT2D eigenvalue weighted by atomic mass is 16.1. The molecule has 0 atom stereocenters. The van der Waals surface area contributed by atoms with Gasteiger partial charge in [0.05, 0.1) is 18.1 Å². The number of benzene rings is 2. The van der Waals surface area contributed by atoms with Crippen LogP contribution in [0, 0.1) is 0 Å². The van der Waals surface area contributed by atoms with Gasteiger partial charge in [-0.05, 0) is 42.0 Å². The highest BCUT2D eigenvalue weighted by molar-refractivity contribution is 5.94. The molecule has 2 aromatic carbocycles. The van der Waals surface area contributed by atoms with Crippen LogP contribution < -0.4 is 15.5 Å². The summed E-state index contributed by atoms with van der Waals surface area (Å²) in [7, 11) is 4.00. The molecular weight excluding hydrogens is 428 g/mol. The fourth-order valence-corrected chi connectivity index (χ4v) is 3.65. The first-order valence-corrected chi connectivity index (χ1v) is 10.8. The number of carbonyl (C=O) groups excluding carboxylic acids is 1. The Morgan fingerprint density at radius 3 is 2.53 bits per heavy atom. The zero-order chi connectivity index (χ0) is 23.5. The third kappa shape index (κ3) is 4.31. The second-order valence-corrected chi connectivity index (χ2v) is 8.05. The van der Waals surface area contributed by atoms with Crippen molar-refractivity contribution in [3.8, 4) is 11.3 Å². The van der Waals surface area contributed by atoms with Crippen molar-refractivity contribution in [2.45, 2.75) is 6.54 Å². The largest absolute Gasteiger partial charge is 0.378 e. The van der Waals surface area contributed by atoms with E-state index in [1.165, 1.54) is 0 Å². The SMILES string of the molecule is CN(C)c1ccc(CNC(=O)c2ccc(Nc3ncc(-c4cn[nH]c4)n4ccnc34)cc2)cc1. The minimum Gasteiger partial charge on any atom is -0.378 e. The Bertz CT molecular complexity index is 1400. The van der Waals surface area contributed by atoms with E-state index >= 15 is 0 Å². The molecule has 3 N–H and O–H groups in total. The molecule has 34 heavy (non-hydrogen) atoms. The second-order valence-electron chi connectivity index (χ2n) is 8.05. The average molecular weight is 453 g/mol. The summed E-state index contributed by atoms with van der Waals surface area (Å²) >= 11 is 0. The lowest BCUT2D eigenvalue weighted by atomic mass is 10.1. The third-order valence-corrected chi connectivity index (χ3v) is 5.54. The van der Waals surface area contributed by atoms with E-state index in [0.29, 0.717) is 23.6 Å². The molecule has 0 fully saturated rings. The van der Waals surface area contributed by atoms with Gasteiger partial charge in [0.1, 0.15) is 0 Å². The molecule has 3 heterocycles. The number of amides is 1. The van der Waals surface area contributed by atoms with Crippen molar-refractivity contribution in [3.63, 3.8) is 0 Å². The van der Waals surface area contributed by atoms with Crippen LogP contribution >= 0.6 is 0 Å². The summed E-state index contributed by atoms with van der Waals surface area (Å²) in [5.74, 6) is 0.497. The van der Waals surface area contributed by atoms with E-state index in [9.17, 15) is 4.79 Å². The molecule has 0 saturated heterocycles. The topological polar surface area (TPSA) is 103 Å². The van der Waals surface area contributed by atoms with Crippen LogP contribution in [0.1, 0.15) is 15.9 Å². The molecule has 0 saturated carbocycles. The summed E-state index contributed by atoms with van der Waals surface area (Å²) in [6, 6.07) is 15.4. The Balaban J connectivity index is 1.26. The Morgan fingerprint density at radius 1 is 1.03 bits per heavy atom. The van der Waals surface area contributed by atoms with Crippen LogP contribution in [0.4, 0.5) is 17.2 Å². The van der Waals surface area contributed by atoms with Gasteiger partial charge in [0.25, 0.3) is 5.91 Å². The zero-order valence-corrected chi connectivity index (χ0v) is 18.9. The molecule has 0 radical (unpaired) electrons. The molecule has 5 rings (SSSR count). The normalized spacial score (nSPS) is 10.9. The van der Waals surface area contributed by atoms with Crippen molar-refractivity contribution >= 4 is 28.7 Å². The summed E-state index contributed by atoms with van der Waals surface area (Å²) in [6.07, 6.45) is 8.94. The molecule has 0 unspecified atom stereocenters. The third-order valence-electron chi connectivity index (χ3n) is 5.54. The van der Waals surface area contributed by atoms with E-state index in [4.69, 9.17) is 0 Å². The van der Waals surface area contributed by atoms with Crippen LogP contribution in [0.3, 0.4) is 0 Å². The number of rotatable bonds is 7. The molecule has 3 aromatic heterocycles. The average Bonchev–Trinajstić information content (AvgIpc) is 3.56. The maximum Gasteiger partial charge on any atom is 0.251 e. The van der Waals surface area contributed by atoms with Gasteiger partial charge in [0.2, 0.25) is 0 Å². The van der Waals surface area contributed by atoms with Crippen molar-refractivity contribution in [2.24, 2.45) is 0 Å². The van der Waals surface area contributed by atoms with Crippen LogP contribution in [0.5, 0.6) is 0 Å². The number of fused-ring (bicyclic) bond motifs is 1. The van der Waals surface area contributed by atoms with E-state index in [0.717, 1.165) is 28.2 Å². The fourth-order valence-electron chi connectivity index (χ4n) is 3.65. The summed E-state index contributed by atoms with van der Waals surface area (Å²) in [5.41, 5.74) is 6.07. The molecule has 0 bridgehead atoms. The number of nitrogens with zero attached hydrogens (tertiary/aromatic N) is 5. The first-order chi connectivity index (χ1) is 16.6. The van der Waals surface area contributed by atoms with Crippen molar-refractivity contribution in [3.05, 3.63) is 90.6 Å². The number of H-pyrrole nitrogens is 1. The molecule has 9 heteroatoms. The Kier molecular flexibility index (Phi) is 5.65. The van der Waals surface area contributed by atoms with Crippen molar-refractivity contribution in [2.75, 3.05) is 24.3 Å². The second kappa shape index (κ2) is 9.07. The summed E-state index contributed by atoms with van der Waals surface area (Å²) in [6.45, 7) is 0.470.